The topological polar surface area (TPSA) is 0 Å². The summed E-state index contributed by atoms with van der Waals surface area (Å²) < 4.78 is 2.43. The van der Waals surface area contributed by atoms with E-state index in [9.17, 15) is 0 Å². The molecule has 0 N–H and O–H groups in total. The van der Waals surface area contributed by atoms with Crippen LogP contribution < -0.4 is 0 Å². The minimum atomic E-state index is 0.440. The first-order valence-corrected chi connectivity index (χ1v) is 9.35. The second-order valence-corrected chi connectivity index (χ2v) is 10.4. The third kappa shape index (κ3) is 2.05. The Hall–Kier alpha value is 0.180. The second kappa shape index (κ2) is 4.13. The Morgan fingerprint density at radius 3 is 1.90 bits per heavy atom. The molecule has 4 aliphatic carbocycles. The van der Waals surface area contributed by atoms with Gasteiger partial charge in [0.15, 0.2) is 0 Å². The number of halogens is 2. The van der Waals surface area contributed by atoms with Gasteiger partial charge in [-0.1, -0.05) is 45.7 Å². The van der Waals surface area contributed by atoms with Crippen LogP contribution in [0.3, 0.4) is 0 Å². The summed E-state index contributed by atoms with van der Waals surface area (Å²) in [6, 6.07) is 6.92. The maximum Gasteiger partial charge on any atom is 0.0189 e. The molecule has 5 rings (SSSR count). The van der Waals surface area contributed by atoms with E-state index >= 15 is 0 Å². The second-order valence-electron chi connectivity index (χ2n) is 8.57. The standard InChI is InChI=1S/C18H22Br2/c1-16-6-12-7-17(2,9-16)11-18(8-12,10-16)13-3-14(19)5-15(20)4-13/h3-5,12H,6-11H2,1-2H3. The van der Waals surface area contributed by atoms with Crippen LogP contribution in [0.25, 0.3) is 0 Å². The fourth-order valence-electron chi connectivity index (χ4n) is 6.63. The monoisotopic (exact) mass is 396 g/mol. The molecule has 0 amide bonds. The average Bonchev–Trinajstić information content (AvgIpc) is 2.22. The fourth-order valence-corrected chi connectivity index (χ4v) is 7.92. The van der Waals surface area contributed by atoms with Crippen LogP contribution in [0.4, 0.5) is 0 Å². The molecule has 20 heavy (non-hydrogen) atoms. The number of hydrogen-bond acceptors (Lipinski definition) is 0. The SMILES string of the molecule is CC12CC3CC(C)(C1)CC(c1cc(Br)cc(Br)c1)(C3)C2. The summed E-state index contributed by atoms with van der Waals surface area (Å²) in [5.74, 6) is 0.957. The zero-order valence-electron chi connectivity index (χ0n) is 12.3. The summed E-state index contributed by atoms with van der Waals surface area (Å²) >= 11 is 7.38. The van der Waals surface area contributed by atoms with Gasteiger partial charge < -0.3 is 0 Å². The van der Waals surface area contributed by atoms with E-state index in [2.05, 4.69) is 63.9 Å². The molecule has 2 heteroatoms. The smallest absolute Gasteiger partial charge is 0.0189 e. The first kappa shape index (κ1) is 13.8. The highest BCUT2D eigenvalue weighted by Crippen LogP contribution is 2.69. The van der Waals surface area contributed by atoms with Gasteiger partial charge in [0.1, 0.15) is 0 Å². The van der Waals surface area contributed by atoms with Gasteiger partial charge in [0.2, 0.25) is 0 Å². The van der Waals surface area contributed by atoms with Gasteiger partial charge in [0, 0.05) is 8.95 Å². The molecule has 0 spiro atoms. The molecule has 4 bridgehead atoms. The van der Waals surface area contributed by atoms with E-state index < -0.39 is 0 Å². The van der Waals surface area contributed by atoms with Crippen molar-refractivity contribution in [2.45, 2.75) is 57.8 Å². The summed E-state index contributed by atoms with van der Waals surface area (Å²) in [6.45, 7) is 5.11. The van der Waals surface area contributed by atoms with Gasteiger partial charge >= 0.3 is 0 Å². The number of rotatable bonds is 1. The van der Waals surface area contributed by atoms with Crippen LogP contribution in [0.15, 0.2) is 27.1 Å². The summed E-state index contributed by atoms with van der Waals surface area (Å²) in [7, 11) is 0. The van der Waals surface area contributed by atoms with E-state index in [1.54, 1.807) is 5.56 Å². The van der Waals surface area contributed by atoms with Crippen molar-refractivity contribution >= 4 is 31.9 Å². The quantitative estimate of drug-likeness (QED) is 0.510. The van der Waals surface area contributed by atoms with Gasteiger partial charge in [-0.3, -0.25) is 0 Å². The van der Waals surface area contributed by atoms with E-state index in [1.165, 1.54) is 47.5 Å². The lowest BCUT2D eigenvalue weighted by molar-refractivity contribution is -0.110. The molecule has 0 saturated heterocycles. The summed E-state index contributed by atoms with van der Waals surface area (Å²) in [6.07, 6.45) is 8.61. The van der Waals surface area contributed by atoms with Crippen LogP contribution in [-0.4, -0.2) is 0 Å². The Balaban J connectivity index is 1.84. The highest BCUT2D eigenvalue weighted by atomic mass is 79.9. The van der Waals surface area contributed by atoms with Crippen molar-refractivity contribution in [1.29, 1.82) is 0 Å². The molecular formula is C18H22Br2. The third-order valence-corrected chi connectivity index (χ3v) is 7.02. The molecule has 0 nitrogen and oxygen atoms in total. The Kier molecular flexibility index (Phi) is 2.85. The predicted octanol–water partition coefficient (Wildman–Crippen LogP) is 6.46. The fraction of sp³-hybridized carbons (Fsp3) is 0.667. The van der Waals surface area contributed by atoms with Crippen LogP contribution in [0.1, 0.15) is 57.9 Å². The van der Waals surface area contributed by atoms with Crippen LogP contribution >= 0.6 is 31.9 Å². The first-order valence-electron chi connectivity index (χ1n) is 7.77. The van der Waals surface area contributed by atoms with Gasteiger partial charge in [0.25, 0.3) is 0 Å². The van der Waals surface area contributed by atoms with Crippen LogP contribution in [0.5, 0.6) is 0 Å². The molecule has 2 atom stereocenters. The minimum Gasteiger partial charge on any atom is -0.0596 e. The maximum absolute atomic E-state index is 3.69. The Morgan fingerprint density at radius 2 is 1.40 bits per heavy atom. The number of hydrogen-bond donors (Lipinski definition) is 0. The Bertz CT molecular complexity index is 539. The first-order chi connectivity index (χ1) is 9.30. The average molecular weight is 398 g/mol. The molecule has 0 aromatic heterocycles. The van der Waals surface area contributed by atoms with Gasteiger partial charge in [-0.2, -0.15) is 0 Å². The predicted molar refractivity (Wildman–Crippen MR) is 90.9 cm³/mol. The van der Waals surface area contributed by atoms with Gasteiger partial charge in [-0.25, -0.2) is 0 Å². The number of benzene rings is 1. The highest BCUT2D eigenvalue weighted by molar-refractivity contribution is 9.11. The van der Waals surface area contributed by atoms with E-state index in [-0.39, 0.29) is 0 Å². The molecule has 0 radical (unpaired) electrons. The molecule has 108 valence electrons. The molecule has 1 aromatic rings. The molecule has 1 aromatic carbocycles. The van der Waals surface area contributed by atoms with E-state index in [4.69, 9.17) is 0 Å². The third-order valence-electron chi connectivity index (χ3n) is 6.10. The minimum absolute atomic E-state index is 0.440. The largest absolute Gasteiger partial charge is 0.0596 e. The summed E-state index contributed by atoms with van der Waals surface area (Å²) in [5.41, 5.74) is 3.18. The lowest BCUT2D eigenvalue weighted by Gasteiger charge is -2.65. The normalized spacial score (nSPS) is 45.9. The van der Waals surface area contributed by atoms with Crippen molar-refractivity contribution in [3.8, 4) is 0 Å². The Labute approximate surface area is 139 Å². The van der Waals surface area contributed by atoms with Crippen LogP contribution in [0, 0.1) is 16.7 Å². The van der Waals surface area contributed by atoms with E-state index in [0.29, 0.717) is 16.2 Å². The van der Waals surface area contributed by atoms with Crippen molar-refractivity contribution in [3.63, 3.8) is 0 Å². The van der Waals surface area contributed by atoms with Crippen LogP contribution in [0.2, 0.25) is 0 Å². The molecule has 0 heterocycles. The van der Waals surface area contributed by atoms with Gasteiger partial charge in [-0.05, 0) is 84.5 Å². The van der Waals surface area contributed by atoms with Crippen LogP contribution in [-0.2, 0) is 5.41 Å². The molecular weight excluding hydrogens is 376 g/mol. The van der Waals surface area contributed by atoms with Crippen molar-refractivity contribution in [2.24, 2.45) is 16.7 Å². The zero-order valence-corrected chi connectivity index (χ0v) is 15.5. The maximum atomic E-state index is 3.69. The van der Waals surface area contributed by atoms with Crippen molar-refractivity contribution in [3.05, 3.63) is 32.7 Å². The molecule has 4 saturated carbocycles. The summed E-state index contributed by atoms with van der Waals surface area (Å²) in [5, 5.41) is 0. The van der Waals surface area contributed by atoms with E-state index in [0.717, 1.165) is 5.92 Å². The lowest BCUT2D eigenvalue weighted by Crippen LogP contribution is -2.56. The van der Waals surface area contributed by atoms with Gasteiger partial charge in [-0.15, -0.1) is 0 Å². The molecule has 0 aliphatic heterocycles. The summed E-state index contributed by atoms with van der Waals surface area (Å²) in [4.78, 5) is 0. The highest BCUT2D eigenvalue weighted by Gasteiger charge is 2.60. The van der Waals surface area contributed by atoms with Gasteiger partial charge in [0.05, 0.1) is 0 Å². The lowest BCUT2D eigenvalue weighted by atomic mass is 9.39. The Morgan fingerprint density at radius 1 is 0.850 bits per heavy atom. The van der Waals surface area contributed by atoms with Crippen molar-refractivity contribution < 1.29 is 0 Å². The van der Waals surface area contributed by atoms with E-state index in [1.807, 2.05) is 0 Å². The van der Waals surface area contributed by atoms with Crippen molar-refractivity contribution in [2.75, 3.05) is 0 Å². The molecule has 2 unspecified atom stereocenters. The molecule has 4 fully saturated rings. The van der Waals surface area contributed by atoms with Crippen molar-refractivity contribution in [1.82, 2.24) is 0 Å². The zero-order chi connectivity index (χ0) is 14.2. The molecule has 4 aliphatic rings.